The lowest BCUT2D eigenvalue weighted by atomic mass is 9.94. The third-order valence-corrected chi connectivity index (χ3v) is 4.58. The van der Waals surface area contributed by atoms with Crippen LogP contribution in [0.15, 0.2) is 64.8 Å². The van der Waals surface area contributed by atoms with Gasteiger partial charge >= 0.3 is 0 Å². The minimum Gasteiger partial charge on any atom is -0.512 e. The highest BCUT2D eigenvalue weighted by Crippen LogP contribution is 2.22. The second-order valence-corrected chi connectivity index (χ2v) is 8.02. The fourth-order valence-electron chi connectivity index (χ4n) is 2.21. The summed E-state index contributed by atoms with van der Waals surface area (Å²) in [6, 6.07) is 8.23. The summed E-state index contributed by atoms with van der Waals surface area (Å²) in [5.41, 5.74) is 2.74. The summed E-state index contributed by atoms with van der Waals surface area (Å²) in [5, 5.41) is 25.2. The topological polar surface area (TPSA) is 94.2 Å². The number of nitrogens with one attached hydrogen (secondary N) is 3. The molecule has 1 aliphatic rings. The van der Waals surface area contributed by atoms with Crippen molar-refractivity contribution in [3.05, 3.63) is 59.9 Å². The van der Waals surface area contributed by atoms with Crippen molar-refractivity contribution in [2.75, 3.05) is 18.4 Å². The smallest absolute Gasteiger partial charge is 0.0949 e. The van der Waals surface area contributed by atoms with Crippen LogP contribution in [0, 0.1) is 10.8 Å². The van der Waals surface area contributed by atoms with Gasteiger partial charge in [-0.1, -0.05) is 32.9 Å². The van der Waals surface area contributed by atoms with Crippen molar-refractivity contribution >= 4 is 36.2 Å². The highest BCUT2D eigenvalue weighted by atomic mass is 32.2. The maximum Gasteiger partial charge on any atom is 0.0949 e. The number of hydrogen-bond donors (Lipinski definition) is 6. The second-order valence-electron chi connectivity index (χ2n) is 7.05. The minimum atomic E-state index is -0.207. The molecule has 0 fully saturated rings. The van der Waals surface area contributed by atoms with Crippen molar-refractivity contribution in [2.45, 2.75) is 32.1 Å². The van der Waals surface area contributed by atoms with E-state index in [1.54, 1.807) is 11.9 Å². The van der Waals surface area contributed by atoms with Gasteiger partial charge in [0.2, 0.25) is 0 Å². The molecule has 5 nitrogen and oxygen atoms in total. The van der Waals surface area contributed by atoms with Crippen molar-refractivity contribution in [3.8, 4) is 0 Å². The van der Waals surface area contributed by atoms with Gasteiger partial charge in [0.25, 0.3) is 0 Å². The molecule has 0 radical (unpaired) electrons. The van der Waals surface area contributed by atoms with Gasteiger partial charge in [-0.05, 0) is 53.9 Å². The molecule has 1 aromatic carbocycles. The van der Waals surface area contributed by atoms with Crippen molar-refractivity contribution in [3.63, 3.8) is 0 Å². The lowest BCUT2D eigenvalue weighted by molar-refractivity contribution is 0.276. The van der Waals surface area contributed by atoms with Crippen molar-refractivity contribution < 1.29 is 5.11 Å². The summed E-state index contributed by atoms with van der Waals surface area (Å²) in [4.78, 5) is 1.12. The molecule has 0 saturated carbocycles. The Bertz CT molecular complexity index is 689. The van der Waals surface area contributed by atoms with E-state index in [1.165, 1.54) is 5.57 Å². The predicted molar refractivity (Wildman–Crippen MR) is 122 cm³/mol. The first-order valence-electron chi connectivity index (χ1n) is 8.67. The van der Waals surface area contributed by atoms with Crippen LogP contribution in [-0.4, -0.2) is 23.9 Å². The number of thiol groups is 1. The Morgan fingerprint density at radius 1 is 1.30 bits per heavy atom. The molecule has 2 rings (SSSR count). The molecule has 27 heavy (non-hydrogen) atoms. The van der Waals surface area contributed by atoms with E-state index in [4.69, 9.17) is 5.41 Å². The molecule has 148 valence electrons. The molecule has 0 aliphatic heterocycles. The Morgan fingerprint density at radius 2 is 1.96 bits per heavy atom. The van der Waals surface area contributed by atoms with Gasteiger partial charge in [0, 0.05) is 41.2 Å². The average molecular weight is 407 g/mol. The third kappa shape index (κ3) is 9.19. The van der Waals surface area contributed by atoms with Crippen LogP contribution < -0.4 is 15.2 Å². The Hall–Kier alpha value is -1.67. The summed E-state index contributed by atoms with van der Waals surface area (Å²) in [6.45, 7) is 7.33. The number of hydrogen-bond acceptors (Lipinski definition) is 7. The summed E-state index contributed by atoms with van der Waals surface area (Å²) < 4.78 is 3.23. The number of anilines is 1. The number of allylic oxidation sites excluding steroid dienone is 4. The van der Waals surface area contributed by atoms with Gasteiger partial charge in [-0.3, -0.25) is 9.86 Å². The van der Waals surface area contributed by atoms with Crippen LogP contribution in [0.25, 0.3) is 0 Å². The van der Waals surface area contributed by atoms with E-state index in [-0.39, 0.29) is 5.41 Å². The first-order valence-corrected chi connectivity index (χ1v) is 10.0. The van der Waals surface area contributed by atoms with Crippen molar-refractivity contribution in [2.24, 2.45) is 10.6 Å². The van der Waals surface area contributed by atoms with Gasteiger partial charge < -0.3 is 15.8 Å². The molecule has 0 atom stereocenters. The number of aliphatic hydroxyl groups excluding tert-OH is 1. The van der Waals surface area contributed by atoms with E-state index in [0.717, 1.165) is 23.5 Å². The maximum atomic E-state index is 9.88. The molecular weight excluding hydrogens is 376 g/mol. The van der Waals surface area contributed by atoms with Crippen LogP contribution >= 0.6 is 24.8 Å². The maximum absolute atomic E-state index is 9.88. The Labute approximate surface area is 172 Å². The highest BCUT2D eigenvalue weighted by Gasteiger charge is 2.14. The lowest BCUT2D eigenvalue weighted by Crippen LogP contribution is -2.12. The van der Waals surface area contributed by atoms with E-state index >= 15 is 0 Å². The molecule has 0 unspecified atom stereocenters. The molecule has 0 saturated heterocycles. The largest absolute Gasteiger partial charge is 0.512 e. The average Bonchev–Trinajstić information content (AvgIpc) is 2.65. The fraction of sp³-hybridized carbons (Fsp3) is 0.350. The van der Waals surface area contributed by atoms with Gasteiger partial charge in [0.1, 0.15) is 0 Å². The third-order valence-electron chi connectivity index (χ3n) is 3.76. The van der Waals surface area contributed by atoms with Crippen LogP contribution in [0.1, 0.15) is 27.2 Å². The van der Waals surface area contributed by atoms with E-state index in [0.29, 0.717) is 18.0 Å². The molecular formula is C20H30N4OS2. The molecule has 0 bridgehead atoms. The summed E-state index contributed by atoms with van der Waals surface area (Å²) >= 11 is 4.57. The van der Waals surface area contributed by atoms with E-state index in [1.807, 2.05) is 39.0 Å². The molecule has 7 heteroatoms. The van der Waals surface area contributed by atoms with Crippen LogP contribution in [0.3, 0.4) is 0 Å². The summed E-state index contributed by atoms with van der Waals surface area (Å²) in [6.07, 6.45) is 8.36. The minimum absolute atomic E-state index is 0.207. The van der Waals surface area contributed by atoms with Crippen LogP contribution in [0.4, 0.5) is 5.69 Å². The SMILES string of the molecule is CC(C)(C)/C(O)=C/CNSc1ccc(NCC2=CC=CC(=N)C2)cc1.NS. The number of rotatable bonds is 7. The highest BCUT2D eigenvalue weighted by molar-refractivity contribution is 7.97. The summed E-state index contributed by atoms with van der Waals surface area (Å²) in [5.74, 6) is 0.403. The van der Waals surface area contributed by atoms with E-state index < -0.39 is 0 Å². The number of benzene rings is 1. The second kappa shape index (κ2) is 11.9. The van der Waals surface area contributed by atoms with Gasteiger partial charge in [0.15, 0.2) is 0 Å². The molecule has 1 aliphatic carbocycles. The van der Waals surface area contributed by atoms with Crippen molar-refractivity contribution in [1.29, 1.82) is 5.41 Å². The Morgan fingerprint density at radius 3 is 2.56 bits per heavy atom. The van der Waals surface area contributed by atoms with Crippen LogP contribution in [0.2, 0.25) is 0 Å². The number of aliphatic hydroxyl groups is 1. The molecule has 0 amide bonds. The first kappa shape index (κ1) is 23.4. The monoisotopic (exact) mass is 406 g/mol. The van der Waals surface area contributed by atoms with Gasteiger partial charge in [-0.15, -0.1) is 12.8 Å². The van der Waals surface area contributed by atoms with E-state index in [2.05, 4.69) is 58.3 Å². The first-order chi connectivity index (χ1) is 12.8. The zero-order chi connectivity index (χ0) is 20.3. The van der Waals surface area contributed by atoms with Gasteiger partial charge in [0.05, 0.1) is 5.76 Å². The fourth-order valence-corrected chi connectivity index (χ4v) is 2.82. The normalized spacial score (nSPS) is 14.3. The predicted octanol–water partition coefficient (Wildman–Crippen LogP) is 4.88. The van der Waals surface area contributed by atoms with E-state index in [9.17, 15) is 5.11 Å². The summed E-state index contributed by atoms with van der Waals surface area (Å²) in [7, 11) is 0. The molecule has 0 aromatic heterocycles. The molecule has 1 aromatic rings. The Balaban J connectivity index is 0.00000176. The van der Waals surface area contributed by atoms with Crippen LogP contribution in [-0.2, 0) is 0 Å². The molecule has 0 spiro atoms. The lowest BCUT2D eigenvalue weighted by Gasteiger charge is -2.17. The van der Waals surface area contributed by atoms with Crippen LogP contribution in [0.5, 0.6) is 0 Å². The van der Waals surface area contributed by atoms with Gasteiger partial charge in [-0.25, -0.2) is 0 Å². The van der Waals surface area contributed by atoms with Gasteiger partial charge in [-0.2, -0.15) is 0 Å². The Kier molecular flexibility index (Phi) is 10.3. The number of nitrogens with two attached hydrogens (primary N) is 1. The molecule has 0 heterocycles. The zero-order valence-electron chi connectivity index (χ0n) is 16.1. The zero-order valence-corrected chi connectivity index (χ0v) is 17.8. The standard InChI is InChI=1S/C20H27N3OS.H3NS/c1-20(2,3)19(24)11-12-23-25-18-9-7-17(8-10-18)22-14-15-5-4-6-16(21)13-15;1-2/h4-11,21-24H,12-14H2,1-3H3;2H,1H2/b19-11-,21-16?;. The van der Waals surface area contributed by atoms with Crippen molar-refractivity contribution in [1.82, 2.24) is 4.72 Å². The molecule has 6 N–H and O–H groups in total. The quantitative estimate of drug-likeness (QED) is 0.168.